The summed E-state index contributed by atoms with van der Waals surface area (Å²) in [5, 5.41) is 0. The maximum atomic E-state index is 14.0. The average Bonchev–Trinajstić information content (AvgIpc) is 2.76. The van der Waals surface area contributed by atoms with Crippen LogP contribution in [0.3, 0.4) is 0 Å². The third-order valence-corrected chi connectivity index (χ3v) is 8.58. The molecule has 2 atom stereocenters. The van der Waals surface area contributed by atoms with Crippen LogP contribution in [0.2, 0.25) is 0 Å². The van der Waals surface area contributed by atoms with Gasteiger partial charge >= 0.3 is 0 Å². The molecule has 0 N–H and O–H groups in total. The zero-order valence-corrected chi connectivity index (χ0v) is 22.5. The fourth-order valence-corrected chi connectivity index (χ4v) is 6.27. The van der Waals surface area contributed by atoms with Gasteiger partial charge in [0.25, 0.3) is 0 Å². The van der Waals surface area contributed by atoms with Crippen LogP contribution in [0.15, 0.2) is 24.3 Å². The summed E-state index contributed by atoms with van der Waals surface area (Å²) in [6, 6.07) is 7.45. The van der Waals surface area contributed by atoms with Crippen LogP contribution in [-0.2, 0) is 5.41 Å². The number of carbonyl (C=O) groups excluding carboxylic acids is 2. The predicted octanol–water partition coefficient (Wildman–Crippen LogP) is 6.89. The number of benzene rings is 2. The lowest BCUT2D eigenvalue weighted by atomic mass is 9.84. The highest BCUT2D eigenvalue weighted by atomic mass is 31.1. The first kappa shape index (κ1) is 26.9. The van der Waals surface area contributed by atoms with Gasteiger partial charge in [0.15, 0.2) is 11.0 Å². The molecule has 2 rings (SSSR count). The minimum atomic E-state index is -1.70. The summed E-state index contributed by atoms with van der Waals surface area (Å²) >= 11 is 0. The summed E-state index contributed by atoms with van der Waals surface area (Å²) in [5.41, 5.74) is 3.46. The Morgan fingerprint density at radius 1 is 0.848 bits per heavy atom. The van der Waals surface area contributed by atoms with Crippen molar-refractivity contribution in [3.05, 3.63) is 52.1 Å². The number of aryl methyl sites for hydroxylation is 2. The third kappa shape index (κ3) is 5.58. The van der Waals surface area contributed by atoms with E-state index in [2.05, 4.69) is 32.9 Å². The van der Waals surface area contributed by atoms with Crippen molar-refractivity contribution in [3.63, 3.8) is 0 Å². The summed E-state index contributed by atoms with van der Waals surface area (Å²) in [4.78, 5) is 28.0. The van der Waals surface area contributed by atoms with Gasteiger partial charge in [0, 0.05) is 25.6 Å². The van der Waals surface area contributed by atoms with Gasteiger partial charge in [0.1, 0.15) is 22.8 Å². The predicted molar refractivity (Wildman–Crippen MR) is 136 cm³/mol. The molecule has 5 nitrogen and oxygen atoms in total. The standard InChI is InChI=1S/C27H37O5P/c1-11-18(4)33(25(28)23-16(2)12-19(13-17(23)3)27(5,6)7)26(29)24-21(31-9)14-20(30-8)15-22(24)32-10/h12-15,18H,11H2,1-10H3. The van der Waals surface area contributed by atoms with Crippen molar-refractivity contribution in [1.29, 1.82) is 0 Å². The first-order valence-corrected chi connectivity index (χ1v) is 12.6. The normalized spacial score (nSPS) is 13.3. The van der Waals surface area contributed by atoms with E-state index in [1.807, 2.05) is 27.7 Å². The first-order chi connectivity index (χ1) is 15.4. The Balaban J connectivity index is 2.68. The summed E-state index contributed by atoms with van der Waals surface area (Å²) in [6.07, 6.45) is 0.710. The van der Waals surface area contributed by atoms with E-state index in [0.717, 1.165) is 11.1 Å². The Hall–Kier alpha value is -2.39. The van der Waals surface area contributed by atoms with Crippen molar-refractivity contribution in [2.24, 2.45) is 0 Å². The molecule has 2 aromatic carbocycles. The zero-order chi connectivity index (χ0) is 25.1. The topological polar surface area (TPSA) is 61.8 Å². The highest BCUT2D eigenvalue weighted by Crippen LogP contribution is 2.53. The van der Waals surface area contributed by atoms with Gasteiger partial charge in [0.05, 0.1) is 21.3 Å². The van der Waals surface area contributed by atoms with Gasteiger partial charge in [-0.2, -0.15) is 0 Å². The molecular formula is C27H37O5P. The molecule has 0 amide bonds. The molecule has 0 radical (unpaired) electrons. The Labute approximate surface area is 199 Å². The number of hydrogen-bond acceptors (Lipinski definition) is 5. The molecule has 180 valence electrons. The second kappa shape index (κ2) is 10.7. The van der Waals surface area contributed by atoms with Crippen molar-refractivity contribution < 1.29 is 23.8 Å². The lowest BCUT2D eigenvalue weighted by molar-refractivity contribution is 0.104. The molecule has 0 aliphatic heterocycles. The van der Waals surface area contributed by atoms with E-state index in [1.165, 1.54) is 26.9 Å². The number of rotatable bonds is 9. The molecule has 0 saturated heterocycles. The van der Waals surface area contributed by atoms with Crippen LogP contribution in [-0.4, -0.2) is 38.0 Å². The molecule has 6 heteroatoms. The van der Waals surface area contributed by atoms with Crippen LogP contribution < -0.4 is 14.2 Å². The Morgan fingerprint density at radius 2 is 1.30 bits per heavy atom. The number of hydrogen-bond donors (Lipinski definition) is 0. The van der Waals surface area contributed by atoms with Gasteiger partial charge in [-0.25, -0.2) is 0 Å². The number of methoxy groups -OCH3 is 3. The van der Waals surface area contributed by atoms with Crippen molar-refractivity contribution >= 4 is 19.0 Å². The van der Waals surface area contributed by atoms with E-state index in [9.17, 15) is 9.59 Å². The van der Waals surface area contributed by atoms with Crippen molar-refractivity contribution in [3.8, 4) is 17.2 Å². The van der Waals surface area contributed by atoms with E-state index in [0.29, 0.717) is 34.8 Å². The van der Waals surface area contributed by atoms with Crippen LogP contribution in [0.4, 0.5) is 0 Å². The Kier molecular flexibility index (Phi) is 8.70. The molecular weight excluding hydrogens is 435 g/mol. The Bertz CT molecular complexity index is 987. The monoisotopic (exact) mass is 472 g/mol. The zero-order valence-electron chi connectivity index (χ0n) is 21.6. The van der Waals surface area contributed by atoms with E-state index in [1.54, 1.807) is 12.1 Å². The first-order valence-electron chi connectivity index (χ1n) is 11.2. The second-order valence-corrected chi connectivity index (χ2v) is 11.8. The quantitative estimate of drug-likeness (QED) is 0.372. The second-order valence-electron chi connectivity index (χ2n) is 9.38. The molecule has 2 aromatic rings. The van der Waals surface area contributed by atoms with Gasteiger partial charge in [-0.15, -0.1) is 0 Å². The van der Waals surface area contributed by atoms with E-state index in [-0.39, 0.29) is 22.1 Å². The van der Waals surface area contributed by atoms with Gasteiger partial charge in [-0.1, -0.05) is 46.8 Å². The van der Waals surface area contributed by atoms with Crippen molar-refractivity contribution in [1.82, 2.24) is 0 Å². The molecule has 0 aromatic heterocycles. The lowest BCUT2D eigenvalue weighted by Crippen LogP contribution is -2.19. The molecule has 2 unspecified atom stereocenters. The van der Waals surface area contributed by atoms with Gasteiger partial charge in [-0.3, -0.25) is 9.59 Å². The lowest BCUT2D eigenvalue weighted by Gasteiger charge is -2.26. The molecule has 0 aliphatic rings. The fraction of sp³-hybridized carbons (Fsp3) is 0.481. The number of ether oxygens (including phenoxy) is 3. The third-order valence-electron chi connectivity index (χ3n) is 6.01. The highest BCUT2D eigenvalue weighted by molar-refractivity contribution is 7.90. The van der Waals surface area contributed by atoms with Crippen LogP contribution in [0, 0.1) is 13.8 Å². The van der Waals surface area contributed by atoms with Crippen molar-refractivity contribution in [2.75, 3.05) is 21.3 Å². The summed E-state index contributed by atoms with van der Waals surface area (Å²) in [5.74, 6) is 1.21. The van der Waals surface area contributed by atoms with E-state index < -0.39 is 7.92 Å². The molecule has 0 spiro atoms. The average molecular weight is 473 g/mol. The molecule has 0 fully saturated rings. The highest BCUT2D eigenvalue weighted by Gasteiger charge is 2.37. The smallest absolute Gasteiger partial charge is 0.199 e. The van der Waals surface area contributed by atoms with Gasteiger partial charge in [-0.05, 0) is 48.0 Å². The SMILES string of the molecule is CCC(C)P(C(=O)c1c(C)cc(C(C)(C)C)cc1C)C(=O)c1c(OC)cc(OC)cc1OC. The van der Waals surface area contributed by atoms with Crippen LogP contribution in [0.1, 0.15) is 78.4 Å². The van der Waals surface area contributed by atoms with Crippen molar-refractivity contribution in [2.45, 2.75) is 66.0 Å². The van der Waals surface area contributed by atoms with Crippen LogP contribution in [0.25, 0.3) is 0 Å². The Morgan fingerprint density at radius 3 is 1.67 bits per heavy atom. The maximum Gasteiger partial charge on any atom is 0.199 e. The summed E-state index contributed by atoms with van der Waals surface area (Å²) in [7, 11) is 2.83. The molecule has 0 bridgehead atoms. The van der Waals surface area contributed by atoms with Crippen LogP contribution >= 0.6 is 7.92 Å². The summed E-state index contributed by atoms with van der Waals surface area (Å²) < 4.78 is 16.4. The molecule has 0 heterocycles. The van der Waals surface area contributed by atoms with E-state index in [4.69, 9.17) is 14.2 Å². The van der Waals surface area contributed by atoms with Gasteiger partial charge < -0.3 is 14.2 Å². The minimum Gasteiger partial charge on any atom is -0.496 e. The summed E-state index contributed by atoms with van der Waals surface area (Å²) in [6.45, 7) is 14.3. The van der Waals surface area contributed by atoms with Crippen LogP contribution in [0.5, 0.6) is 17.2 Å². The molecule has 0 aliphatic carbocycles. The van der Waals surface area contributed by atoms with E-state index >= 15 is 0 Å². The fourth-order valence-electron chi connectivity index (χ4n) is 3.87. The molecule has 33 heavy (non-hydrogen) atoms. The largest absolute Gasteiger partial charge is 0.496 e. The maximum absolute atomic E-state index is 14.0. The molecule has 0 saturated carbocycles. The van der Waals surface area contributed by atoms with Gasteiger partial charge in [0.2, 0.25) is 0 Å². The minimum absolute atomic E-state index is 0.0296. The number of carbonyl (C=O) groups is 2.